The third-order valence-electron chi connectivity index (χ3n) is 4.10. The average Bonchev–Trinajstić information content (AvgIpc) is 2.44. The Labute approximate surface area is 127 Å². The van der Waals surface area contributed by atoms with Gasteiger partial charge in [0, 0.05) is 12.5 Å². The molecule has 1 rings (SSSR count). The third kappa shape index (κ3) is 6.93. The van der Waals surface area contributed by atoms with Crippen LogP contribution in [-0.2, 0) is 9.59 Å². The minimum atomic E-state index is -0.502. The summed E-state index contributed by atoms with van der Waals surface area (Å²) in [4.78, 5) is 24.0. The molecule has 0 aromatic heterocycles. The first kappa shape index (κ1) is 18.0. The summed E-state index contributed by atoms with van der Waals surface area (Å²) >= 11 is 0. The topological polar surface area (TPSA) is 78.4 Å². The lowest BCUT2D eigenvalue weighted by Gasteiger charge is -2.23. The molecule has 1 saturated carbocycles. The summed E-state index contributed by atoms with van der Waals surface area (Å²) in [5, 5.41) is 14.9. The Balaban J connectivity index is 2.28. The zero-order valence-corrected chi connectivity index (χ0v) is 13.5. The molecule has 5 heteroatoms. The van der Waals surface area contributed by atoms with E-state index in [1.54, 1.807) is 13.8 Å². The summed E-state index contributed by atoms with van der Waals surface area (Å²) in [7, 11) is 0. The molecule has 0 radical (unpaired) electrons. The van der Waals surface area contributed by atoms with Crippen LogP contribution < -0.4 is 10.6 Å². The van der Waals surface area contributed by atoms with Gasteiger partial charge in [-0.05, 0) is 39.0 Å². The zero-order valence-electron chi connectivity index (χ0n) is 13.5. The molecule has 1 fully saturated rings. The van der Waals surface area contributed by atoms with Gasteiger partial charge in [-0.2, -0.15) is 0 Å². The van der Waals surface area contributed by atoms with Gasteiger partial charge in [-0.3, -0.25) is 9.59 Å². The summed E-state index contributed by atoms with van der Waals surface area (Å²) in [6.07, 6.45) is 5.59. The Morgan fingerprint density at radius 2 is 1.76 bits per heavy atom. The SMILES string of the molecule is CC(O)CC(C)CNC(=O)C(C)NC(=O)C1CCCCC1. The van der Waals surface area contributed by atoms with E-state index in [1.165, 1.54) is 6.42 Å². The lowest BCUT2D eigenvalue weighted by Crippen LogP contribution is -2.47. The van der Waals surface area contributed by atoms with Gasteiger partial charge >= 0.3 is 0 Å². The molecule has 5 nitrogen and oxygen atoms in total. The van der Waals surface area contributed by atoms with Gasteiger partial charge in [-0.1, -0.05) is 26.2 Å². The monoisotopic (exact) mass is 298 g/mol. The second-order valence-electron chi connectivity index (χ2n) is 6.50. The molecule has 3 atom stereocenters. The first-order valence-electron chi connectivity index (χ1n) is 8.16. The van der Waals surface area contributed by atoms with Crippen LogP contribution in [0.15, 0.2) is 0 Å². The molecule has 0 spiro atoms. The van der Waals surface area contributed by atoms with Crippen LogP contribution in [0.25, 0.3) is 0 Å². The predicted octanol–water partition coefficient (Wildman–Crippen LogP) is 1.59. The molecule has 2 amide bonds. The average molecular weight is 298 g/mol. The van der Waals surface area contributed by atoms with E-state index < -0.39 is 6.04 Å². The molecule has 0 heterocycles. The molecule has 1 aliphatic rings. The number of hydrogen-bond donors (Lipinski definition) is 3. The molecule has 3 N–H and O–H groups in total. The van der Waals surface area contributed by atoms with Crippen molar-refractivity contribution in [3.63, 3.8) is 0 Å². The number of carbonyl (C=O) groups is 2. The van der Waals surface area contributed by atoms with Gasteiger partial charge < -0.3 is 15.7 Å². The van der Waals surface area contributed by atoms with Crippen molar-refractivity contribution in [2.24, 2.45) is 11.8 Å². The maximum atomic E-state index is 12.1. The summed E-state index contributed by atoms with van der Waals surface area (Å²) in [5.74, 6) is 0.143. The molecule has 122 valence electrons. The molecule has 0 aromatic rings. The number of carbonyl (C=O) groups excluding carboxylic acids is 2. The summed E-state index contributed by atoms with van der Waals surface area (Å²) in [6, 6.07) is -0.502. The molecule has 0 aromatic carbocycles. The van der Waals surface area contributed by atoms with Crippen LogP contribution in [0, 0.1) is 11.8 Å². The van der Waals surface area contributed by atoms with Crippen LogP contribution in [0.5, 0.6) is 0 Å². The van der Waals surface area contributed by atoms with Gasteiger partial charge in [0.1, 0.15) is 6.04 Å². The zero-order chi connectivity index (χ0) is 15.8. The fraction of sp³-hybridized carbons (Fsp3) is 0.875. The van der Waals surface area contributed by atoms with Crippen LogP contribution in [0.3, 0.4) is 0 Å². The Morgan fingerprint density at radius 1 is 1.14 bits per heavy atom. The van der Waals surface area contributed by atoms with Crippen molar-refractivity contribution in [1.82, 2.24) is 10.6 Å². The van der Waals surface area contributed by atoms with Crippen molar-refractivity contribution >= 4 is 11.8 Å². The molecule has 0 saturated heterocycles. The number of rotatable bonds is 7. The van der Waals surface area contributed by atoms with Gasteiger partial charge in [-0.25, -0.2) is 0 Å². The smallest absolute Gasteiger partial charge is 0.242 e. The molecule has 0 bridgehead atoms. The summed E-state index contributed by atoms with van der Waals surface area (Å²) < 4.78 is 0. The predicted molar refractivity (Wildman–Crippen MR) is 82.7 cm³/mol. The lowest BCUT2D eigenvalue weighted by atomic mass is 9.88. The number of aliphatic hydroxyl groups is 1. The normalized spacial score (nSPS) is 20.4. The van der Waals surface area contributed by atoms with Gasteiger partial charge in [0.25, 0.3) is 0 Å². The molecular weight excluding hydrogens is 268 g/mol. The number of aliphatic hydroxyl groups excluding tert-OH is 1. The maximum Gasteiger partial charge on any atom is 0.242 e. The van der Waals surface area contributed by atoms with E-state index in [0.29, 0.717) is 13.0 Å². The molecule has 0 aliphatic heterocycles. The highest BCUT2D eigenvalue weighted by Crippen LogP contribution is 2.23. The Hall–Kier alpha value is -1.10. The van der Waals surface area contributed by atoms with E-state index in [1.807, 2.05) is 6.92 Å². The van der Waals surface area contributed by atoms with Crippen molar-refractivity contribution in [2.45, 2.75) is 71.4 Å². The van der Waals surface area contributed by atoms with Crippen molar-refractivity contribution in [2.75, 3.05) is 6.54 Å². The van der Waals surface area contributed by atoms with Crippen molar-refractivity contribution < 1.29 is 14.7 Å². The number of hydrogen-bond acceptors (Lipinski definition) is 3. The fourth-order valence-corrected chi connectivity index (χ4v) is 2.86. The minimum Gasteiger partial charge on any atom is -0.393 e. The van der Waals surface area contributed by atoms with Crippen LogP contribution in [0.4, 0.5) is 0 Å². The second kappa shape index (κ2) is 9.03. The van der Waals surface area contributed by atoms with Gasteiger partial charge in [0.05, 0.1) is 6.10 Å². The van der Waals surface area contributed by atoms with Gasteiger partial charge in [0.2, 0.25) is 11.8 Å². The van der Waals surface area contributed by atoms with E-state index in [9.17, 15) is 14.7 Å². The summed E-state index contributed by atoms with van der Waals surface area (Å²) in [6.45, 7) is 5.96. The Kier molecular flexibility index (Phi) is 7.72. The lowest BCUT2D eigenvalue weighted by molar-refractivity contribution is -0.131. The van der Waals surface area contributed by atoms with E-state index in [4.69, 9.17) is 0 Å². The number of amides is 2. The highest BCUT2D eigenvalue weighted by Gasteiger charge is 2.24. The Morgan fingerprint density at radius 3 is 2.33 bits per heavy atom. The fourth-order valence-electron chi connectivity index (χ4n) is 2.86. The van der Waals surface area contributed by atoms with Gasteiger partial charge in [-0.15, -0.1) is 0 Å². The highest BCUT2D eigenvalue weighted by atomic mass is 16.3. The van der Waals surface area contributed by atoms with Crippen molar-refractivity contribution in [3.05, 3.63) is 0 Å². The van der Waals surface area contributed by atoms with E-state index in [-0.39, 0.29) is 29.8 Å². The second-order valence-corrected chi connectivity index (χ2v) is 6.50. The van der Waals surface area contributed by atoms with E-state index in [0.717, 1.165) is 25.7 Å². The first-order chi connectivity index (χ1) is 9.90. The molecular formula is C16H30N2O3. The van der Waals surface area contributed by atoms with E-state index >= 15 is 0 Å². The van der Waals surface area contributed by atoms with Crippen LogP contribution >= 0.6 is 0 Å². The minimum absolute atomic E-state index is 0.00868. The maximum absolute atomic E-state index is 12.1. The summed E-state index contributed by atoms with van der Waals surface area (Å²) in [5.41, 5.74) is 0. The van der Waals surface area contributed by atoms with Crippen LogP contribution in [0.1, 0.15) is 59.3 Å². The standard InChI is InChI=1S/C16H30N2O3/c1-11(9-12(2)19)10-17-15(20)13(3)18-16(21)14-7-5-4-6-8-14/h11-14,19H,4-10H2,1-3H3,(H,17,20)(H,18,21). The number of nitrogens with one attached hydrogen (secondary N) is 2. The highest BCUT2D eigenvalue weighted by molar-refractivity contribution is 5.88. The third-order valence-corrected chi connectivity index (χ3v) is 4.10. The van der Waals surface area contributed by atoms with E-state index in [2.05, 4.69) is 10.6 Å². The van der Waals surface area contributed by atoms with Crippen molar-refractivity contribution in [1.29, 1.82) is 0 Å². The molecule has 3 unspecified atom stereocenters. The molecule has 21 heavy (non-hydrogen) atoms. The van der Waals surface area contributed by atoms with Crippen LogP contribution in [0.2, 0.25) is 0 Å². The van der Waals surface area contributed by atoms with Crippen LogP contribution in [-0.4, -0.2) is 35.6 Å². The quantitative estimate of drug-likeness (QED) is 0.668. The first-order valence-corrected chi connectivity index (χ1v) is 8.16. The Bertz CT molecular complexity index is 338. The van der Waals surface area contributed by atoms with Crippen molar-refractivity contribution in [3.8, 4) is 0 Å². The largest absolute Gasteiger partial charge is 0.393 e. The van der Waals surface area contributed by atoms with Gasteiger partial charge in [0.15, 0.2) is 0 Å². The molecule has 1 aliphatic carbocycles.